The molecule has 10 heteroatoms. The monoisotopic (exact) mass is 438 g/mol. The number of hydrogen-bond donors (Lipinski definition) is 1. The van der Waals surface area contributed by atoms with Crippen LogP contribution in [-0.4, -0.2) is 26.7 Å². The van der Waals surface area contributed by atoms with Crippen molar-refractivity contribution in [2.45, 2.75) is 31.6 Å². The molecule has 0 spiro atoms. The molecule has 9 nitrogen and oxygen atoms in total. The van der Waals surface area contributed by atoms with Crippen LogP contribution in [0.2, 0.25) is 0 Å². The van der Waals surface area contributed by atoms with Gasteiger partial charge in [0.25, 0.3) is 11.9 Å². The highest BCUT2D eigenvalue weighted by molar-refractivity contribution is 7.99. The van der Waals surface area contributed by atoms with E-state index < -0.39 is 11.1 Å². The lowest BCUT2D eigenvalue weighted by Crippen LogP contribution is -2.60. The Bertz CT molecular complexity index is 1240. The number of aromatic nitrogens is 3. The topological polar surface area (TPSA) is 113 Å². The molecule has 0 aliphatic carbocycles. The first kappa shape index (κ1) is 20.7. The molecule has 0 radical (unpaired) electrons. The quantitative estimate of drug-likeness (QED) is 0.284. The van der Waals surface area contributed by atoms with Crippen molar-refractivity contribution in [1.29, 1.82) is 0 Å². The molecule has 0 fully saturated rings. The Hall–Kier alpha value is -3.53. The van der Waals surface area contributed by atoms with Crippen LogP contribution in [0.1, 0.15) is 32.0 Å². The highest BCUT2D eigenvalue weighted by atomic mass is 32.2. The van der Waals surface area contributed by atoms with Crippen LogP contribution in [0.3, 0.4) is 0 Å². The lowest BCUT2D eigenvalue weighted by Gasteiger charge is -2.31. The van der Waals surface area contributed by atoms with Gasteiger partial charge >= 0.3 is 11.3 Å². The molecule has 1 amide bonds. The van der Waals surface area contributed by atoms with Crippen LogP contribution < -0.4 is 15.1 Å². The minimum Gasteiger partial charge on any atom is -0.291 e. The van der Waals surface area contributed by atoms with E-state index in [9.17, 15) is 19.7 Å². The van der Waals surface area contributed by atoms with E-state index in [4.69, 9.17) is 0 Å². The fourth-order valence-corrected chi connectivity index (χ4v) is 4.44. The first-order valence-electron chi connectivity index (χ1n) is 9.75. The Balaban J connectivity index is 2.07. The molecule has 0 saturated carbocycles. The van der Waals surface area contributed by atoms with Gasteiger partial charge in [-0.3, -0.25) is 24.7 Å². The van der Waals surface area contributed by atoms with Gasteiger partial charge in [0.2, 0.25) is 11.1 Å². The molecule has 0 unspecified atom stereocenters. The molecular formula is C21H20N5O4S+. The predicted molar refractivity (Wildman–Crippen MR) is 116 cm³/mol. The van der Waals surface area contributed by atoms with Crippen molar-refractivity contribution in [2.24, 2.45) is 0 Å². The van der Waals surface area contributed by atoms with Crippen molar-refractivity contribution in [3.8, 4) is 11.3 Å². The smallest absolute Gasteiger partial charge is 0.291 e. The lowest BCUT2D eigenvalue weighted by atomic mass is 10.0. The highest BCUT2D eigenvalue weighted by Crippen LogP contribution is 2.39. The summed E-state index contributed by atoms with van der Waals surface area (Å²) in [5, 5.41) is 16.8. The average Bonchev–Trinajstić information content (AvgIpc) is 2.76. The number of thioether (sulfide) groups is 1. The second kappa shape index (κ2) is 8.31. The van der Waals surface area contributed by atoms with Gasteiger partial charge in [-0.05, 0) is 29.3 Å². The molecule has 0 saturated heterocycles. The van der Waals surface area contributed by atoms with Gasteiger partial charge < -0.3 is 0 Å². The van der Waals surface area contributed by atoms with Gasteiger partial charge in [-0.15, -0.1) is 0 Å². The van der Waals surface area contributed by atoms with Gasteiger partial charge in [-0.1, -0.05) is 43.0 Å². The van der Waals surface area contributed by atoms with Crippen LogP contribution in [-0.2, 0) is 4.79 Å². The van der Waals surface area contributed by atoms with Crippen molar-refractivity contribution in [1.82, 2.24) is 10.1 Å². The fourth-order valence-electron chi connectivity index (χ4n) is 3.73. The van der Waals surface area contributed by atoms with E-state index in [2.05, 4.69) is 10.1 Å². The van der Waals surface area contributed by atoms with E-state index in [1.54, 1.807) is 42.5 Å². The summed E-state index contributed by atoms with van der Waals surface area (Å²) in [6.07, 6.45) is -0.0983. The van der Waals surface area contributed by atoms with Crippen LogP contribution in [0.25, 0.3) is 11.3 Å². The van der Waals surface area contributed by atoms with Crippen molar-refractivity contribution in [3.63, 3.8) is 0 Å². The SMILES string of the molecule is CCCSc1n[n+]2c(c(=O)[nH]1)-c1ccccc1N(C(C)=O)[C@H]2c1ccccc1[N+](=O)[O-]. The van der Waals surface area contributed by atoms with Gasteiger partial charge in [0.05, 0.1) is 16.2 Å². The van der Waals surface area contributed by atoms with E-state index in [1.165, 1.54) is 34.3 Å². The van der Waals surface area contributed by atoms with Gasteiger partial charge in [0, 0.05) is 23.8 Å². The summed E-state index contributed by atoms with van der Waals surface area (Å²) in [4.78, 5) is 41.5. The average molecular weight is 438 g/mol. The molecular weight excluding hydrogens is 418 g/mol. The van der Waals surface area contributed by atoms with Crippen LogP contribution in [0, 0.1) is 10.1 Å². The highest BCUT2D eigenvalue weighted by Gasteiger charge is 2.47. The molecule has 158 valence electrons. The number of nitrogens with zero attached hydrogens (tertiary/aromatic N) is 4. The second-order valence-corrected chi connectivity index (χ2v) is 8.08. The van der Waals surface area contributed by atoms with Crippen LogP contribution >= 0.6 is 11.8 Å². The molecule has 1 N–H and O–H groups in total. The number of anilines is 1. The summed E-state index contributed by atoms with van der Waals surface area (Å²) < 4.78 is 1.43. The molecule has 2 aromatic carbocycles. The number of H-pyrrole nitrogens is 1. The van der Waals surface area contributed by atoms with Crippen LogP contribution in [0.5, 0.6) is 0 Å². The van der Waals surface area contributed by atoms with Crippen molar-refractivity contribution < 1.29 is 14.4 Å². The van der Waals surface area contributed by atoms with E-state index in [0.29, 0.717) is 16.4 Å². The Morgan fingerprint density at radius 3 is 2.68 bits per heavy atom. The van der Waals surface area contributed by atoms with E-state index >= 15 is 0 Å². The van der Waals surface area contributed by atoms with Crippen molar-refractivity contribution in [2.75, 3.05) is 10.7 Å². The summed E-state index contributed by atoms with van der Waals surface area (Å²) in [7, 11) is 0. The Morgan fingerprint density at radius 2 is 1.97 bits per heavy atom. The predicted octanol–water partition coefficient (Wildman–Crippen LogP) is 3.05. The molecule has 2 heterocycles. The number of amides is 1. The van der Waals surface area contributed by atoms with Crippen LogP contribution in [0.4, 0.5) is 11.4 Å². The maximum atomic E-state index is 13.1. The van der Waals surface area contributed by atoms with Crippen LogP contribution in [0.15, 0.2) is 58.5 Å². The molecule has 1 aromatic heterocycles. The molecule has 4 rings (SSSR count). The normalized spacial score (nSPS) is 14.6. The summed E-state index contributed by atoms with van der Waals surface area (Å²) in [5.41, 5.74) is 1.03. The number of nitro groups is 1. The second-order valence-electron chi connectivity index (χ2n) is 7.00. The fraction of sp³-hybridized carbons (Fsp3) is 0.238. The molecule has 0 bridgehead atoms. The maximum absolute atomic E-state index is 13.1. The molecule has 3 aromatic rings. The number of aromatic amines is 1. The third-order valence-electron chi connectivity index (χ3n) is 4.95. The number of carbonyl (C=O) groups is 1. The number of carbonyl (C=O) groups excluding carboxylic acids is 1. The Labute approximate surface area is 181 Å². The number of hydrogen-bond acceptors (Lipinski definition) is 6. The number of rotatable bonds is 5. The Morgan fingerprint density at radius 1 is 1.26 bits per heavy atom. The third-order valence-corrected chi connectivity index (χ3v) is 6.02. The zero-order valence-corrected chi connectivity index (χ0v) is 17.8. The first-order valence-corrected chi connectivity index (χ1v) is 10.7. The number of para-hydroxylation sites is 2. The Kier molecular flexibility index (Phi) is 5.55. The van der Waals surface area contributed by atoms with E-state index in [0.717, 1.165) is 12.2 Å². The molecule has 1 aliphatic rings. The number of nitro benzene ring substituents is 1. The van der Waals surface area contributed by atoms with Gasteiger partial charge in [0.15, 0.2) is 0 Å². The van der Waals surface area contributed by atoms with Gasteiger partial charge in [-0.2, -0.15) is 0 Å². The molecule has 1 aliphatic heterocycles. The zero-order chi connectivity index (χ0) is 22.1. The minimum atomic E-state index is -0.979. The minimum absolute atomic E-state index is 0.151. The lowest BCUT2D eigenvalue weighted by molar-refractivity contribution is -0.763. The number of fused-ring (bicyclic) bond motifs is 3. The first-order chi connectivity index (χ1) is 14.9. The summed E-state index contributed by atoms with van der Waals surface area (Å²) in [6, 6.07) is 13.2. The maximum Gasteiger partial charge on any atom is 0.325 e. The third kappa shape index (κ3) is 3.59. The standard InChI is InChI=1S/C21H19N5O4S/c1-3-12-31-21-22-19(28)18-14-8-4-6-10-16(14)24(13(2)27)20(25(18)23-21)15-9-5-7-11-17(15)26(29)30/h4-11,20H,3,12H2,1-2H3/p+1/t20-/m1/s1. The summed E-state index contributed by atoms with van der Waals surface area (Å²) >= 11 is 1.38. The van der Waals surface area contributed by atoms with Gasteiger partial charge in [-0.25, -0.2) is 4.90 Å². The van der Waals surface area contributed by atoms with Crippen molar-refractivity contribution >= 4 is 29.0 Å². The van der Waals surface area contributed by atoms with Crippen molar-refractivity contribution in [3.05, 3.63) is 74.6 Å². The summed E-state index contributed by atoms with van der Waals surface area (Å²) in [5.74, 6) is 0.421. The largest absolute Gasteiger partial charge is 0.325 e. The van der Waals surface area contributed by atoms with E-state index in [1.807, 2.05) is 6.92 Å². The molecule has 1 atom stereocenters. The molecule has 31 heavy (non-hydrogen) atoms. The number of benzene rings is 2. The van der Waals surface area contributed by atoms with E-state index in [-0.39, 0.29) is 28.4 Å². The van der Waals surface area contributed by atoms with Gasteiger partial charge in [0.1, 0.15) is 5.56 Å². The summed E-state index contributed by atoms with van der Waals surface area (Å²) in [6.45, 7) is 3.41. The number of nitrogens with one attached hydrogen (secondary N) is 1. The zero-order valence-electron chi connectivity index (χ0n) is 16.9.